The maximum atomic E-state index is 12.7. The first-order valence-electron chi connectivity index (χ1n) is 3.87. The molecule has 92 valence electrons. The van der Waals surface area contributed by atoms with Crippen molar-refractivity contribution in [2.24, 2.45) is 5.73 Å². The Balaban J connectivity index is 0.00000225. The van der Waals surface area contributed by atoms with Crippen LogP contribution in [0.3, 0.4) is 0 Å². The first-order valence-corrected chi connectivity index (χ1v) is 3.87. The van der Waals surface area contributed by atoms with Gasteiger partial charge in [0.1, 0.15) is 6.04 Å². The van der Waals surface area contributed by atoms with Crippen molar-refractivity contribution in [1.29, 1.82) is 0 Å². The van der Waals surface area contributed by atoms with Gasteiger partial charge in [-0.15, -0.1) is 12.4 Å². The van der Waals surface area contributed by atoms with Crippen molar-refractivity contribution in [3.05, 3.63) is 30.1 Å². The summed E-state index contributed by atoms with van der Waals surface area (Å²) in [4.78, 5) is 3.42. The number of hydrogen-bond acceptors (Lipinski definition) is 2. The van der Waals surface area contributed by atoms with Crippen LogP contribution in [0.25, 0.3) is 0 Å². The number of rotatable bonds is 2. The van der Waals surface area contributed by atoms with Crippen LogP contribution < -0.4 is 5.73 Å². The predicted molar refractivity (Wildman–Crippen MR) is 49.4 cm³/mol. The van der Waals surface area contributed by atoms with E-state index >= 15 is 0 Å². The molecule has 0 bridgehead atoms. The molecule has 0 saturated heterocycles. The summed E-state index contributed by atoms with van der Waals surface area (Å²) in [6.45, 7) is 0. The van der Waals surface area contributed by atoms with Crippen molar-refractivity contribution in [1.82, 2.24) is 4.98 Å². The number of aromatic nitrogens is 1. The lowest BCUT2D eigenvalue weighted by molar-refractivity contribution is -0.291. The summed E-state index contributed by atoms with van der Waals surface area (Å²) in [5.74, 6) is -4.96. The average molecular weight is 263 g/mol. The second kappa shape index (κ2) is 4.92. The summed E-state index contributed by atoms with van der Waals surface area (Å²) < 4.78 is 61.2. The largest absolute Gasteiger partial charge is 0.455 e. The first kappa shape index (κ1) is 15.0. The zero-order valence-corrected chi connectivity index (χ0v) is 8.53. The first-order chi connectivity index (χ1) is 6.77. The molecule has 0 saturated carbocycles. The maximum absolute atomic E-state index is 12.7. The summed E-state index contributed by atoms with van der Waals surface area (Å²) in [7, 11) is 0. The van der Waals surface area contributed by atoms with Crippen LogP contribution in [0.2, 0.25) is 0 Å². The molecule has 1 atom stereocenters. The van der Waals surface area contributed by atoms with Gasteiger partial charge >= 0.3 is 12.1 Å². The van der Waals surface area contributed by atoms with E-state index in [0.29, 0.717) is 0 Å². The van der Waals surface area contributed by atoms with Crippen molar-refractivity contribution >= 4 is 12.4 Å². The molecule has 0 fully saturated rings. The minimum absolute atomic E-state index is 0. The Bertz CT molecular complexity index is 327. The zero-order chi connectivity index (χ0) is 11.7. The highest BCUT2D eigenvalue weighted by molar-refractivity contribution is 5.85. The van der Waals surface area contributed by atoms with E-state index < -0.39 is 18.1 Å². The monoisotopic (exact) mass is 262 g/mol. The van der Waals surface area contributed by atoms with Gasteiger partial charge in [0, 0.05) is 12.4 Å². The quantitative estimate of drug-likeness (QED) is 0.833. The van der Waals surface area contributed by atoms with Crippen LogP contribution in [0.15, 0.2) is 24.5 Å². The molecule has 1 rings (SSSR count). The van der Waals surface area contributed by atoms with Crippen molar-refractivity contribution in [3.63, 3.8) is 0 Å². The van der Waals surface area contributed by atoms with E-state index in [2.05, 4.69) is 4.98 Å². The van der Waals surface area contributed by atoms with Gasteiger partial charge in [0.15, 0.2) is 0 Å². The number of nitrogens with zero attached hydrogens (tertiary/aromatic N) is 1. The molecule has 2 N–H and O–H groups in total. The highest BCUT2D eigenvalue weighted by Crippen LogP contribution is 2.42. The fraction of sp³-hybridized carbons (Fsp3) is 0.375. The molecule has 0 aliphatic rings. The van der Waals surface area contributed by atoms with Gasteiger partial charge in [-0.05, 0) is 11.6 Å². The molecular weight excluding hydrogens is 255 g/mol. The molecule has 0 aliphatic carbocycles. The molecule has 0 amide bonds. The summed E-state index contributed by atoms with van der Waals surface area (Å²) in [6, 6.07) is -0.134. The Morgan fingerprint density at radius 2 is 1.75 bits per heavy atom. The molecule has 16 heavy (non-hydrogen) atoms. The van der Waals surface area contributed by atoms with Gasteiger partial charge in [0.2, 0.25) is 0 Å². The van der Waals surface area contributed by atoms with Gasteiger partial charge in [0.05, 0.1) is 0 Å². The third kappa shape index (κ3) is 2.79. The lowest BCUT2D eigenvalue weighted by Gasteiger charge is -2.25. The standard InChI is InChI=1S/C8H7F5N2.ClH/c9-7(10,8(11,12)13)6(14)5-2-1-3-15-4-5;/h1-4,6H,14H2;1H/t6-;/m1./s1. The molecule has 0 unspecified atom stereocenters. The molecule has 1 aromatic rings. The number of pyridine rings is 1. The zero-order valence-electron chi connectivity index (χ0n) is 7.71. The van der Waals surface area contributed by atoms with Gasteiger partial charge in [-0.25, -0.2) is 0 Å². The van der Waals surface area contributed by atoms with Crippen LogP contribution in [-0.4, -0.2) is 17.1 Å². The van der Waals surface area contributed by atoms with Crippen LogP contribution in [0, 0.1) is 0 Å². The number of alkyl halides is 5. The number of halogens is 6. The number of nitrogens with two attached hydrogens (primary N) is 1. The molecule has 0 aliphatic heterocycles. The summed E-state index contributed by atoms with van der Waals surface area (Å²) in [5, 5.41) is 0. The van der Waals surface area contributed by atoms with Gasteiger partial charge in [-0.3, -0.25) is 4.98 Å². The Hall–Kier alpha value is -0.950. The lowest BCUT2D eigenvalue weighted by Crippen LogP contribution is -2.45. The van der Waals surface area contributed by atoms with E-state index in [4.69, 9.17) is 5.73 Å². The minimum atomic E-state index is -5.66. The fourth-order valence-corrected chi connectivity index (χ4v) is 0.946. The summed E-state index contributed by atoms with van der Waals surface area (Å²) >= 11 is 0. The fourth-order valence-electron chi connectivity index (χ4n) is 0.946. The molecular formula is C8H8ClF5N2. The average Bonchev–Trinajstić information content (AvgIpc) is 2.16. The molecule has 8 heteroatoms. The Labute approximate surface area is 94.1 Å². The van der Waals surface area contributed by atoms with Crippen molar-refractivity contribution in [2.45, 2.75) is 18.1 Å². The van der Waals surface area contributed by atoms with Crippen LogP contribution in [-0.2, 0) is 0 Å². The lowest BCUT2D eigenvalue weighted by atomic mass is 10.0. The smallest absolute Gasteiger partial charge is 0.319 e. The predicted octanol–water partition coefficient (Wildman–Crippen LogP) is 2.70. The SMILES string of the molecule is Cl.N[C@H](c1cccnc1)C(F)(F)C(F)(F)F. The van der Waals surface area contributed by atoms with Crippen LogP contribution in [0.1, 0.15) is 11.6 Å². The van der Waals surface area contributed by atoms with Gasteiger partial charge in [-0.1, -0.05) is 6.07 Å². The van der Waals surface area contributed by atoms with E-state index in [1.165, 1.54) is 12.3 Å². The second-order valence-corrected chi connectivity index (χ2v) is 2.88. The van der Waals surface area contributed by atoms with Crippen LogP contribution in [0.5, 0.6) is 0 Å². The molecule has 0 aromatic carbocycles. The van der Waals surface area contributed by atoms with Gasteiger partial charge in [-0.2, -0.15) is 22.0 Å². The van der Waals surface area contributed by atoms with Crippen LogP contribution >= 0.6 is 12.4 Å². The molecule has 0 spiro atoms. The Morgan fingerprint density at radius 3 is 2.12 bits per heavy atom. The van der Waals surface area contributed by atoms with Gasteiger partial charge < -0.3 is 5.73 Å². The van der Waals surface area contributed by atoms with E-state index in [9.17, 15) is 22.0 Å². The maximum Gasteiger partial charge on any atom is 0.455 e. The van der Waals surface area contributed by atoms with Crippen molar-refractivity contribution in [3.8, 4) is 0 Å². The van der Waals surface area contributed by atoms with Crippen LogP contribution in [0.4, 0.5) is 22.0 Å². The highest BCUT2D eigenvalue weighted by atomic mass is 35.5. The highest BCUT2D eigenvalue weighted by Gasteiger charge is 2.61. The molecule has 1 aromatic heterocycles. The topological polar surface area (TPSA) is 38.9 Å². The second-order valence-electron chi connectivity index (χ2n) is 2.88. The Kier molecular flexibility index (Phi) is 4.63. The normalized spacial score (nSPS) is 14.1. The van der Waals surface area contributed by atoms with E-state index in [1.54, 1.807) is 0 Å². The van der Waals surface area contributed by atoms with Gasteiger partial charge in [0.25, 0.3) is 0 Å². The summed E-state index contributed by atoms with van der Waals surface area (Å²) in [6.07, 6.45) is -3.53. The van der Waals surface area contributed by atoms with E-state index in [-0.39, 0.29) is 18.0 Å². The minimum Gasteiger partial charge on any atom is -0.319 e. The summed E-state index contributed by atoms with van der Waals surface area (Å²) in [5.41, 5.74) is 4.49. The Morgan fingerprint density at radius 1 is 1.19 bits per heavy atom. The molecule has 2 nitrogen and oxygen atoms in total. The molecule has 0 radical (unpaired) electrons. The van der Waals surface area contributed by atoms with E-state index in [0.717, 1.165) is 12.3 Å². The third-order valence-corrected chi connectivity index (χ3v) is 1.81. The molecule has 1 heterocycles. The van der Waals surface area contributed by atoms with E-state index in [1.807, 2.05) is 0 Å². The number of hydrogen-bond donors (Lipinski definition) is 1. The third-order valence-electron chi connectivity index (χ3n) is 1.81. The van der Waals surface area contributed by atoms with Crippen molar-refractivity contribution in [2.75, 3.05) is 0 Å². The van der Waals surface area contributed by atoms with Crippen molar-refractivity contribution < 1.29 is 22.0 Å².